The van der Waals surface area contributed by atoms with Gasteiger partial charge in [0.2, 0.25) is 5.95 Å². The Morgan fingerprint density at radius 3 is 2.71 bits per heavy atom. The Hall–Kier alpha value is -2.47. The standard InChI is InChI=1S/C15H13N5S/c16-15-18-12-8-20(10-4-2-1-3-5-10)7-11(12)14(19-15)13-6-17-9-21-13/h1-6,9H,7-8H2,(H2,16,18,19). The van der Waals surface area contributed by atoms with E-state index in [9.17, 15) is 0 Å². The van der Waals surface area contributed by atoms with Crippen molar-refractivity contribution in [1.29, 1.82) is 0 Å². The largest absolute Gasteiger partial charge is 0.368 e. The van der Waals surface area contributed by atoms with Crippen LogP contribution in [0.2, 0.25) is 0 Å². The van der Waals surface area contributed by atoms with Crippen molar-refractivity contribution in [3.63, 3.8) is 0 Å². The molecule has 3 aromatic rings. The molecule has 2 N–H and O–H groups in total. The smallest absolute Gasteiger partial charge is 0.220 e. The van der Waals surface area contributed by atoms with E-state index in [1.165, 1.54) is 5.69 Å². The first kappa shape index (κ1) is 12.3. The molecule has 6 heteroatoms. The molecule has 1 aromatic carbocycles. The minimum atomic E-state index is 0.326. The number of rotatable bonds is 2. The lowest BCUT2D eigenvalue weighted by atomic mass is 10.2. The summed E-state index contributed by atoms with van der Waals surface area (Å²) in [5.74, 6) is 0.326. The SMILES string of the molecule is Nc1nc2c(c(-c3cncs3)n1)CN(c1ccccc1)C2. The second kappa shape index (κ2) is 4.82. The van der Waals surface area contributed by atoms with Crippen LogP contribution in [0, 0.1) is 0 Å². The molecule has 2 aromatic heterocycles. The van der Waals surface area contributed by atoms with Gasteiger partial charge in [-0.1, -0.05) is 18.2 Å². The molecule has 1 aliphatic rings. The fourth-order valence-corrected chi connectivity index (χ4v) is 3.27. The molecular formula is C15H13N5S. The predicted octanol–water partition coefficient (Wildman–Crippen LogP) is 2.70. The van der Waals surface area contributed by atoms with Gasteiger partial charge in [-0.2, -0.15) is 0 Å². The lowest BCUT2D eigenvalue weighted by Gasteiger charge is -2.16. The molecule has 0 aliphatic carbocycles. The van der Waals surface area contributed by atoms with Crippen LogP contribution in [-0.2, 0) is 13.1 Å². The van der Waals surface area contributed by atoms with Crippen molar-refractivity contribution in [2.24, 2.45) is 0 Å². The molecular weight excluding hydrogens is 282 g/mol. The predicted molar refractivity (Wildman–Crippen MR) is 83.9 cm³/mol. The second-order valence-corrected chi connectivity index (χ2v) is 5.80. The maximum Gasteiger partial charge on any atom is 0.220 e. The number of nitrogens with zero attached hydrogens (tertiary/aromatic N) is 4. The van der Waals surface area contributed by atoms with Gasteiger partial charge in [-0.15, -0.1) is 11.3 Å². The van der Waals surface area contributed by atoms with E-state index >= 15 is 0 Å². The quantitative estimate of drug-likeness (QED) is 0.787. The number of thiazole rings is 1. The first-order chi connectivity index (χ1) is 10.3. The number of para-hydroxylation sites is 1. The van der Waals surface area contributed by atoms with Crippen LogP contribution in [0.3, 0.4) is 0 Å². The highest BCUT2D eigenvalue weighted by atomic mass is 32.1. The van der Waals surface area contributed by atoms with Crippen LogP contribution in [-0.4, -0.2) is 15.0 Å². The van der Waals surface area contributed by atoms with Crippen molar-refractivity contribution in [2.45, 2.75) is 13.1 Å². The van der Waals surface area contributed by atoms with Crippen LogP contribution < -0.4 is 10.6 Å². The summed E-state index contributed by atoms with van der Waals surface area (Å²) in [5, 5.41) is 0. The summed E-state index contributed by atoms with van der Waals surface area (Å²) in [4.78, 5) is 16.3. The third-order valence-corrected chi connectivity index (χ3v) is 4.37. The molecule has 0 amide bonds. The van der Waals surface area contributed by atoms with Gasteiger partial charge in [0.25, 0.3) is 0 Å². The van der Waals surface area contributed by atoms with E-state index < -0.39 is 0 Å². The van der Waals surface area contributed by atoms with Gasteiger partial charge in [0.05, 0.1) is 28.3 Å². The van der Waals surface area contributed by atoms with Crippen molar-refractivity contribution in [1.82, 2.24) is 15.0 Å². The lowest BCUT2D eigenvalue weighted by Crippen LogP contribution is -2.14. The van der Waals surface area contributed by atoms with Crippen molar-refractivity contribution >= 4 is 23.0 Å². The molecule has 0 spiro atoms. The topological polar surface area (TPSA) is 67.9 Å². The molecule has 5 nitrogen and oxygen atoms in total. The Morgan fingerprint density at radius 2 is 1.95 bits per heavy atom. The molecule has 104 valence electrons. The van der Waals surface area contributed by atoms with E-state index in [0.29, 0.717) is 5.95 Å². The Balaban J connectivity index is 1.77. The fourth-order valence-electron chi connectivity index (χ4n) is 2.63. The van der Waals surface area contributed by atoms with Crippen molar-refractivity contribution < 1.29 is 0 Å². The highest BCUT2D eigenvalue weighted by Crippen LogP contribution is 2.34. The van der Waals surface area contributed by atoms with Crippen molar-refractivity contribution in [3.05, 3.63) is 53.3 Å². The number of nitrogens with two attached hydrogens (primary N) is 1. The Kier molecular flexibility index (Phi) is 2.82. The number of benzene rings is 1. The van der Waals surface area contributed by atoms with Gasteiger partial charge >= 0.3 is 0 Å². The van der Waals surface area contributed by atoms with Gasteiger partial charge in [0.1, 0.15) is 0 Å². The van der Waals surface area contributed by atoms with Crippen LogP contribution in [0.15, 0.2) is 42.0 Å². The molecule has 21 heavy (non-hydrogen) atoms. The number of anilines is 2. The third-order valence-electron chi connectivity index (χ3n) is 3.59. The average Bonchev–Trinajstić information content (AvgIpc) is 3.16. The number of nitrogen functional groups attached to an aromatic ring is 1. The first-order valence-corrected chi connectivity index (χ1v) is 7.53. The van der Waals surface area contributed by atoms with Gasteiger partial charge in [0.15, 0.2) is 0 Å². The molecule has 4 rings (SSSR count). The van der Waals surface area contributed by atoms with Crippen molar-refractivity contribution in [2.75, 3.05) is 10.6 Å². The van der Waals surface area contributed by atoms with Crippen LogP contribution in [0.25, 0.3) is 10.6 Å². The zero-order chi connectivity index (χ0) is 14.2. The minimum Gasteiger partial charge on any atom is -0.368 e. The second-order valence-electron chi connectivity index (χ2n) is 4.91. The maximum absolute atomic E-state index is 5.87. The molecule has 1 aliphatic heterocycles. The minimum absolute atomic E-state index is 0.326. The molecule has 0 radical (unpaired) electrons. The molecule has 0 fully saturated rings. The van der Waals surface area contributed by atoms with Gasteiger partial charge < -0.3 is 10.6 Å². The maximum atomic E-state index is 5.87. The number of hydrogen-bond donors (Lipinski definition) is 1. The lowest BCUT2D eigenvalue weighted by molar-refractivity contribution is 0.871. The molecule has 3 heterocycles. The van der Waals surface area contributed by atoms with Gasteiger partial charge in [-0.05, 0) is 12.1 Å². The van der Waals surface area contributed by atoms with Crippen LogP contribution >= 0.6 is 11.3 Å². The Labute approximate surface area is 126 Å². The summed E-state index contributed by atoms with van der Waals surface area (Å²) in [6.07, 6.45) is 1.83. The van der Waals surface area contributed by atoms with E-state index in [0.717, 1.165) is 34.9 Å². The molecule has 0 atom stereocenters. The van der Waals surface area contributed by atoms with Gasteiger partial charge in [-0.25, -0.2) is 9.97 Å². The van der Waals surface area contributed by atoms with E-state index in [1.54, 1.807) is 11.3 Å². The summed E-state index contributed by atoms with van der Waals surface area (Å²) in [6.45, 7) is 1.56. The Morgan fingerprint density at radius 1 is 1.10 bits per heavy atom. The van der Waals surface area contributed by atoms with E-state index in [1.807, 2.05) is 29.9 Å². The summed E-state index contributed by atoms with van der Waals surface area (Å²) in [6, 6.07) is 10.3. The van der Waals surface area contributed by atoms with Crippen LogP contribution in [0.1, 0.15) is 11.3 Å². The highest BCUT2D eigenvalue weighted by Gasteiger charge is 2.26. The summed E-state index contributed by atoms with van der Waals surface area (Å²) in [7, 11) is 0. The normalized spacial score (nSPS) is 13.4. The summed E-state index contributed by atoms with van der Waals surface area (Å²) < 4.78 is 0. The monoisotopic (exact) mass is 295 g/mol. The highest BCUT2D eigenvalue weighted by molar-refractivity contribution is 7.13. The van der Waals surface area contributed by atoms with E-state index in [2.05, 4.69) is 32.0 Å². The van der Waals surface area contributed by atoms with Crippen LogP contribution in [0.5, 0.6) is 0 Å². The van der Waals surface area contributed by atoms with Crippen LogP contribution in [0.4, 0.5) is 11.6 Å². The zero-order valence-corrected chi connectivity index (χ0v) is 12.0. The molecule has 0 saturated carbocycles. The van der Waals surface area contributed by atoms with Crippen molar-refractivity contribution in [3.8, 4) is 10.6 Å². The molecule has 0 bridgehead atoms. The fraction of sp³-hybridized carbons (Fsp3) is 0.133. The van der Waals surface area contributed by atoms with E-state index in [4.69, 9.17) is 5.73 Å². The summed E-state index contributed by atoms with van der Waals surface area (Å²) in [5.41, 5.74) is 11.9. The third kappa shape index (κ3) is 2.13. The Bertz CT molecular complexity index is 770. The number of aromatic nitrogens is 3. The average molecular weight is 295 g/mol. The van der Waals surface area contributed by atoms with Gasteiger partial charge in [-0.3, -0.25) is 4.98 Å². The first-order valence-electron chi connectivity index (χ1n) is 6.65. The van der Waals surface area contributed by atoms with Gasteiger partial charge in [0, 0.05) is 24.0 Å². The number of fused-ring (bicyclic) bond motifs is 1. The van der Waals surface area contributed by atoms with E-state index in [-0.39, 0.29) is 0 Å². The molecule has 0 unspecified atom stereocenters. The summed E-state index contributed by atoms with van der Waals surface area (Å²) >= 11 is 1.57. The number of hydrogen-bond acceptors (Lipinski definition) is 6. The zero-order valence-electron chi connectivity index (χ0n) is 11.2. The molecule has 0 saturated heterocycles.